The third kappa shape index (κ3) is 6.21. The zero-order valence-corrected chi connectivity index (χ0v) is 16.9. The van der Waals surface area contributed by atoms with Gasteiger partial charge in [0.15, 0.2) is 11.5 Å². The van der Waals surface area contributed by atoms with Crippen LogP contribution in [0.15, 0.2) is 47.6 Å². The lowest BCUT2D eigenvalue weighted by molar-refractivity contribution is -0.119. The third-order valence-corrected chi connectivity index (χ3v) is 4.05. The van der Waals surface area contributed by atoms with Gasteiger partial charge in [-0.3, -0.25) is 4.79 Å². The number of benzene rings is 2. The van der Waals surface area contributed by atoms with E-state index in [4.69, 9.17) is 9.47 Å². The lowest BCUT2D eigenvalue weighted by atomic mass is 10.2. The highest BCUT2D eigenvalue weighted by atomic mass is 127. The van der Waals surface area contributed by atoms with Gasteiger partial charge in [0, 0.05) is 5.69 Å². The number of halogens is 1. The van der Waals surface area contributed by atoms with Gasteiger partial charge in [-0.2, -0.15) is 5.10 Å². The quantitative estimate of drug-likeness (QED) is 0.336. The molecule has 0 unspecified atom stereocenters. The number of nitrogens with one attached hydrogen (secondary N) is 2. The van der Waals surface area contributed by atoms with Crippen LogP contribution >= 0.6 is 22.6 Å². The van der Waals surface area contributed by atoms with Crippen LogP contribution in [0.3, 0.4) is 0 Å². The van der Waals surface area contributed by atoms with Gasteiger partial charge in [-0.25, -0.2) is 5.43 Å². The Morgan fingerprint density at radius 3 is 2.58 bits per heavy atom. The molecule has 0 heterocycles. The molecular formula is C19H22IN3O3. The highest BCUT2D eigenvalue weighted by molar-refractivity contribution is 14.1. The van der Waals surface area contributed by atoms with Gasteiger partial charge in [-0.05, 0) is 66.3 Å². The molecule has 1 amide bonds. The average molecular weight is 467 g/mol. The fourth-order valence-electron chi connectivity index (χ4n) is 2.17. The minimum atomic E-state index is -0.226. The molecule has 0 spiro atoms. The zero-order valence-electron chi connectivity index (χ0n) is 14.8. The number of carbonyl (C=O) groups excluding carboxylic acids is 1. The van der Waals surface area contributed by atoms with E-state index in [1.54, 1.807) is 6.21 Å². The van der Waals surface area contributed by atoms with E-state index in [0.29, 0.717) is 19.0 Å². The molecule has 2 rings (SSSR count). The van der Waals surface area contributed by atoms with E-state index in [-0.39, 0.29) is 12.5 Å². The van der Waals surface area contributed by atoms with Gasteiger partial charge in [-0.15, -0.1) is 0 Å². The molecule has 0 aliphatic carbocycles. The Morgan fingerprint density at radius 2 is 1.88 bits per heavy atom. The molecule has 0 saturated heterocycles. The second kappa shape index (κ2) is 10.6. The molecule has 7 heteroatoms. The summed E-state index contributed by atoms with van der Waals surface area (Å²) >= 11 is 2.20. The highest BCUT2D eigenvalue weighted by Crippen LogP contribution is 2.33. The summed E-state index contributed by atoms with van der Waals surface area (Å²) in [7, 11) is 0. The molecule has 0 fully saturated rings. The van der Waals surface area contributed by atoms with Crippen molar-refractivity contribution < 1.29 is 14.3 Å². The van der Waals surface area contributed by atoms with E-state index in [9.17, 15) is 4.79 Å². The van der Waals surface area contributed by atoms with Gasteiger partial charge < -0.3 is 14.8 Å². The van der Waals surface area contributed by atoms with E-state index < -0.39 is 0 Å². The number of carbonyl (C=O) groups is 1. The summed E-state index contributed by atoms with van der Waals surface area (Å²) < 4.78 is 12.2. The van der Waals surface area contributed by atoms with Crippen molar-refractivity contribution in [3.63, 3.8) is 0 Å². The first kappa shape index (κ1) is 20.0. The summed E-state index contributed by atoms with van der Waals surface area (Å²) in [6, 6.07) is 13.3. The summed E-state index contributed by atoms with van der Waals surface area (Å²) in [5.41, 5.74) is 4.21. The maximum absolute atomic E-state index is 11.8. The molecule has 6 nitrogen and oxygen atoms in total. The molecule has 0 aliphatic heterocycles. The maximum Gasteiger partial charge on any atom is 0.259 e. The number of hydrogen-bond donors (Lipinski definition) is 2. The van der Waals surface area contributed by atoms with Crippen molar-refractivity contribution in [1.82, 2.24) is 5.43 Å². The number of amides is 1. The SMILES string of the molecule is CCOc1cc(/C=N\NC(=O)CNc2ccccc2)cc(I)c1OCC. The number of para-hydroxylation sites is 1. The van der Waals surface area contributed by atoms with Crippen molar-refractivity contribution in [1.29, 1.82) is 0 Å². The van der Waals surface area contributed by atoms with Gasteiger partial charge in [0.05, 0.1) is 29.5 Å². The normalized spacial score (nSPS) is 10.6. The molecule has 0 aliphatic rings. The minimum absolute atomic E-state index is 0.145. The van der Waals surface area contributed by atoms with Crippen molar-refractivity contribution in [2.24, 2.45) is 5.10 Å². The Labute approximate surface area is 167 Å². The van der Waals surface area contributed by atoms with Crippen molar-refractivity contribution in [3.05, 3.63) is 51.6 Å². The van der Waals surface area contributed by atoms with E-state index in [1.807, 2.05) is 56.3 Å². The number of anilines is 1. The van der Waals surface area contributed by atoms with Crippen LogP contribution < -0.4 is 20.2 Å². The average Bonchev–Trinajstić information content (AvgIpc) is 2.64. The van der Waals surface area contributed by atoms with E-state index in [1.165, 1.54) is 0 Å². The number of rotatable bonds is 9. The molecule has 0 radical (unpaired) electrons. The Kier molecular flexibility index (Phi) is 8.20. The van der Waals surface area contributed by atoms with Gasteiger partial charge >= 0.3 is 0 Å². The van der Waals surface area contributed by atoms with E-state index in [0.717, 1.165) is 20.6 Å². The first-order valence-corrected chi connectivity index (χ1v) is 9.41. The van der Waals surface area contributed by atoms with Crippen LogP contribution in [0.4, 0.5) is 5.69 Å². The Hall–Kier alpha value is -2.29. The molecular weight excluding hydrogens is 445 g/mol. The fraction of sp³-hybridized carbons (Fsp3) is 0.263. The summed E-state index contributed by atoms with van der Waals surface area (Å²) in [6.07, 6.45) is 1.58. The van der Waals surface area contributed by atoms with Crippen LogP contribution in [-0.4, -0.2) is 31.9 Å². The second-order valence-electron chi connectivity index (χ2n) is 5.21. The van der Waals surface area contributed by atoms with Gasteiger partial charge in [0.2, 0.25) is 0 Å². The maximum atomic E-state index is 11.8. The van der Waals surface area contributed by atoms with E-state index >= 15 is 0 Å². The standard InChI is InChI=1S/C19H22IN3O3/c1-3-25-17-11-14(10-16(20)19(17)26-4-2)12-22-23-18(24)13-21-15-8-6-5-7-9-15/h5-12,21H,3-4,13H2,1-2H3,(H,23,24)/b22-12-. The number of ether oxygens (including phenoxy) is 2. The first-order chi connectivity index (χ1) is 12.6. The lowest BCUT2D eigenvalue weighted by Gasteiger charge is -2.13. The summed E-state index contributed by atoms with van der Waals surface area (Å²) in [5.74, 6) is 1.17. The van der Waals surface area contributed by atoms with Crippen molar-refractivity contribution in [2.75, 3.05) is 25.1 Å². The Bertz CT molecular complexity index is 751. The van der Waals surface area contributed by atoms with Gasteiger partial charge in [0.1, 0.15) is 0 Å². The largest absolute Gasteiger partial charge is 0.490 e. The molecule has 0 atom stereocenters. The zero-order chi connectivity index (χ0) is 18.8. The Balaban J connectivity index is 1.95. The van der Waals surface area contributed by atoms with Crippen LogP contribution in [0.5, 0.6) is 11.5 Å². The van der Waals surface area contributed by atoms with E-state index in [2.05, 4.69) is 38.4 Å². The predicted molar refractivity (Wildman–Crippen MR) is 112 cm³/mol. The summed E-state index contributed by atoms with van der Waals surface area (Å²) in [4.78, 5) is 11.8. The van der Waals surface area contributed by atoms with Crippen LogP contribution in [0.2, 0.25) is 0 Å². The minimum Gasteiger partial charge on any atom is -0.490 e. The number of hydrazone groups is 1. The van der Waals surface area contributed by atoms with Crippen LogP contribution in [0, 0.1) is 3.57 Å². The van der Waals surface area contributed by atoms with Crippen molar-refractivity contribution in [2.45, 2.75) is 13.8 Å². The second-order valence-corrected chi connectivity index (χ2v) is 6.37. The summed E-state index contributed by atoms with van der Waals surface area (Å²) in [5, 5.41) is 7.03. The fourth-order valence-corrected chi connectivity index (χ4v) is 2.95. The smallest absolute Gasteiger partial charge is 0.259 e. The monoisotopic (exact) mass is 467 g/mol. The molecule has 2 aromatic rings. The molecule has 0 saturated carbocycles. The molecule has 138 valence electrons. The molecule has 2 N–H and O–H groups in total. The topological polar surface area (TPSA) is 72.0 Å². The number of hydrogen-bond acceptors (Lipinski definition) is 5. The summed E-state index contributed by atoms with van der Waals surface area (Å²) in [6.45, 7) is 5.10. The number of nitrogens with zero attached hydrogens (tertiary/aromatic N) is 1. The van der Waals surface area contributed by atoms with Gasteiger partial charge in [0.25, 0.3) is 5.91 Å². The van der Waals surface area contributed by atoms with Gasteiger partial charge in [-0.1, -0.05) is 18.2 Å². The highest BCUT2D eigenvalue weighted by Gasteiger charge is 2.11. The Morgan fingerprint density at radius 1 is 1.15 bits per heavy atom. The predicted octanol–water partition coefficient (Wildman–Crippen LogP) is 3.65. The van der Waals surface area contributed by atoms with Crippen LogP contribution in [-0.2, 0) is 4.79 Å². The molecule has 0 bridgehead atoms. The third-order valence-electron chi connectivity index (χ3n) is 3.25. The lowest BCUT2D eigenvalue weighted by Crippen LogP contribution is -2.25. The molecule has 2 aromatic carbocycles. The van der Waals surface area contributed by atoms with Crippen LogP contribution in [0.25, 0.3) is 0 Å². The molecule has 0 aromatic heterocycles. The van der Waals surface area contributed by atoms with Crippen molar-refractivity contribution >= 4 is 40.4 Å². The van der Waals surface area contributed by atoms with Crippen molar-refractivity contribution in [3.8, 4) is 11.5 Å². The first-order valence-electron chi connectivity index (χ1n) is 8.34. The molecule has 26 heavy (non-hydrogen) atoms. The van der Waals surface area contributed by atoms with Crippen LogP contribution in [0.1, 0.15) is 19.4 Å².